The first kappa shape index (κ1) is 13.6. The Hall–Kier alpha value is -0.410. The van der Waals surface area contributed by atoms with Gasteiger partial charge >= 0.3 is 0 Å². The van der Waals surface area contributed by atoms with E-state index in [4.69, 9.17) is 5.11 Å². The minimum Gasteiger partial charge on any atom is -0.396 e. The third-order valence-electron chi connectivity index (χ3n) is 2.64. The average molecular weight is 201 g/mol. The summed E-state index contributed by atoms with van der Waals surface area (Å²) in [6.07, 6.45) is 3.57. The molecule has 1 atom stereocenters. The second kappa shape index (κ2) is 7.94. The normalized spacial score (nSPS) is 13.2. The molecule has 0 aromatic rings. The monoisotopic (exact) mass is 201 g/mol. The summed E-state index contributed by atoms with van der Waals surface area (Å²) in [5.41, 5.74) is 0. The molecule has 84 valence electrons. The molecule has 0 saturated carbocycles. The Labute approximate surface area is 87.1 Å². The van der Waals surface area contributed by atoms with Gasteiger partial charge in [0.2, 0.25) is 0 Å². The van der Waals surface area contributed by atoms with E-state index in [-0.39, 0.29) is 12.6 Å². The molecule has 0 fully saturated rings. The molecule has 0 aliphatic carbocycles. The third-order valence-corrected chi connectivity index (χ3v) is 2.64. The van der Waals surface area contributed by atoms with E-state index in [1.807, 2.05) is 20.9 Å². The molecule has 0 spiro atoms. The number of ketones is 1. The molecule has 0 aliphatic rings. The number of carbonyl (C=O) groups is 1. The molecule has 3 heteroatoms. The van der Waals surface area contributed by atoms with Crippen molar-refractivity contribution in [1.82, 2.24) is 4.90 Å². The topological polar surface area (TPSA) is 40.5 Å². The van der Waals surface area contributed by atoms with E-state index in [1.165, 1.54) is 0 Å². The van der Waals surface area contributed by atoms with Crippen molar-refractivity contribution in [3.05, 3.63) is 0 Å². The number of rotatable bonds is 8. The molecule has 0 aromatic heterocycles. The van der Waals surface area contributed by atoms with Crippen LogP contribution in [0.15, 0.2) is 0 Å². The van der Waals surface area contributed by atoms with Crippen molar-refractivity contribution in [2.75, 3.05) is 20.2 Å². The Bertz CT molecular complexity index is 159. The number of nitrogens with zero attached hydrogens (tertiary/aromatic N) is 1. The minimum atomic E-state index is 0.0362. The quantitative estimate of drug-likeness (QED) is 0.604. The van der Waals surface area contributed by atoms with Crippen LogP contribution in [-0.2, 0) is 4.79 Å². The van der Waals surface area contributed by atoms with E-state index in [9.17, 15) is 4.79 Å². The van der Waals surface area contributed by atoms with Gasteiger partial charge in [0.15, 0.2) is 0 Å². The number of likely N-dealkylation sites (N-methyl/N-ethyl adjacent to an activating group) is 1. The molecule has 14 heavy (non-hydrogen) atoms. The highest BCUT2D eigenvalue weighted by Gasteiger charge is 2.14. The number of unbranched alkanes of at least 4 members (excludes halogenated alkanes) is 2. The summed E-state index contributed by atoms with van der Waals surface area (Å²) < 4.78 is 0. The summed E-state index contributed by atoms with van der Waals surface area (Å²) in [6.45, 7) is 5.07. The van der Waals surface area contributed by atoms with Crippen LogP contribution in [0.25, 0.3) is 0 Å². The number of carbonyl (C=O) groups excluding carboxylic acids is 1. The number of Topliss-reactive ketones (excluding diaryl/α,β-unsaturated/α-hetero) is 1. The molecule has 0 radical (unpaired) electrons. The second-order valence-electron chi connectivity index (χ2n) is 3.76. The average Bonchev–Trinajstić information content (AvgIpc) is 2.21. The highest BCUT2D eigenvalue weighted by molar-refractivity contribution is 5.83. The van der Waals surface area contributed by atoms with Crippen molar-refractivity contribution in [2.24, 2.45) is 0 Å². The lowest BCUT2D eigenvalue weighted by Gasteiger charge is -2.22. The van der Waals surface area contributed by atoms with Gasteiger partial charge in [-0.15, -0.1) is 0 Å². The minimum absolute atomic E-state index is 0.0362. The van der Waals surface area contributed by atoms with E-state index < -0.39 is 0 Å². The van der Waals surface area contributed by atoms with E-state index in [1.54, 1.807) is 0 Å². The van der Waals surface area contributed by atoms with E-state index in [0.29, 0.717) is 12.2 Å². The Morgan fingerprint density at radius 3 is 2.50 bits per heavy atom. The van der Waals surface area contributed by atoms with Crippen LogP contribution in [0.4, 0.5) is 0 Å². The molecule has 1 N–H and O–H groups in total. The van der Waals surface area contributed by atoms with Crippen LogP contribution >= 0.6 is 0 Å². The molecule has 0 bridgehead atoms. The van der Waals surface area contributed by atoms with Crippen molar-refractivity contribution in [3.63, 3.8) is 0 Å². The maximum atomic E-state index is 11.4. The van der Waals surface area contributed by atoms with Gasteiger partial charge in [-0.1, -0.05) is 6.92 Å². The molecule has 0 rings (SSSR count). The first-order valence-corrected chi connectivity index (χ1v) is 5.47. The summed E-state index contributed by atoms with van der Waals surface area (Å²) in [6, 6.07) is 0.0362. The zero-order valence-corrected chi connectivity index (χ0v) is 9.62. The summed E-state index contributed by atoms with van der Waals surface area (Å²) in [5.74, 6) is 0.301. The van der Waals surface area contributed by atoms with Crippen LogP contribution in [-0.4, -0.2) is 42.0 Å². The Morgan fingerprint density at radius 1 is 1.36 bits per heavy atom. The first-order valence-electron chi connectivity index (χ1n) is 5.47. The summed E-state index contributed by atoms with van der Waals surface area (Å²) >= 11 is 0. The smallest absolute Gasteiger partial charge is 0.149 e. The van der Waals surface area contributed by atoms with Crippen molar-refractivity contribution in [2.45, 2.75) is 45.6 Å². The first-order chi connectivity index (χ1) is 6.63. The van der Waals surface area contributed by atoms with Crippen molar-refractivity contribution < 1.29 is 9.90 Å². The zero-order valence-electron chi connectivity index (χ0n) is 9.62. The zero-order chi connectivity index (χ0) is 11.0. The molecular weight excluding hydrogens is 178 g/mol. The Kier molecular flexibility index (Phi) is 7.71. The van der Waals surface area contributed by atoms with Crippen molar-refractivity contribution >= 4 is 5.78 Å². The van der Waals surface area contributed by atoms with Gasteiger partial charge in [0.05, 0.1) is 6.04 Å². The van der Waals surface area contributed by atoms with Crippen molar-refractivity contribution in [1.29, 1.82) is 0 Å². The number of aliphatic hydroxyl groups excluding tert-OH is 1. The molecule has 0 aromatic carbocycles. The van der Waals surface area contributed by atoms with Crippen LogP contribution in [0.1, 0.15) is 39.5 Å². The second-order valence-corrected chi connectivity index (χ2v) is 3.76. The molecule has 0 saturated heterocycles. The van der Waals surface area contributed by atoms with Crippen LogP contribution < -0.4 is 0 Å². The number of hydrogen-bond donors (Lipinski definition) is 1. The molecule has 1 unspecified atom stereocenters. The largest absolute Gasteiger partial charge is 0.396 e. The highest BCUT2D eigenvalue weighted by Crippen LogP contribution is 2.03. The molecule has 0 aliphatic heterocycles. The summed E-state index contributed by atoms with van der Waals surface area (Å²) in [5, 5.41) is 8.60. The van der Waals surface area contributed by atoms with Gasteiger partial charge < -0.3 is 5.11 Å². The van der Waals surface area contributed by atoms with Gasteiger partial charge in [0.1, 0.15) is 5.78 Å². The van der Waals surface area contributed by atoms with Crippen LogP contribution in [0.5, 0.6) is 0 Å². The summed E-state index contributed by atoms with van der Waals surface area (Å²) in [4.78, 5) is 13.4. The number of hydrogen-bond acceptors (Lipinski definition) is 3. The van der Waals surface area contributed by atoms with Gasteiger partial charge in [0.25, 0.3) is 0 Å². The van der Waals surface area contributed by atoms with Gasteiger partial charge in [-0.25, -0.2) is 0 Å². The Morgan fingerprint density at radius 2 is 2.00 bits per heavy atom. The van der Waals surface area contributed by atoms with E-state index >= 15 is 0 Å². The van der Waals surface area contributed by atoms with Gasteiger partial charge in [-0.2, -0.15) is 0 Å². The molecular formula is C11H23NO2. The SMILES string of the molecule is CCC(=O)C(C)N(C)CCCCCO. The standard InChI is InChI=1S/C11H23NO2/c1-4-11(14)10(2)12(3)8-6-5-7-9-13/h10,13H,4-9H2,1-3H3. The van der Waals surface area contributed by atoms with Gasteiger partial charge in [-0.3, -0.25) is 9.69 Å². The highest BCUT2D eigenvalue weighted by atomic mass is 16.2. The van der Waals surface area contributed by atoms with Crippen molar-refractivity contribution in [3.8, 4) is 0 Å². The number of aliphatic hydroxyl groups is 1. The Balaban J connectivity index is 3.61. The fourth-order valence-electron chi connectivity index (χ4n) is 1.38. The lowest BCUT2D eigenvalue weighted by molar-refractivity contribution is -0.123. The predicted octanol–water partition coefficient (Wildman–Crippen LogP) is 1.45. The van der Waals surface area contributed by atoms with Crippen LogP contribution in [0, 0.1) is 0 Å². The fraction of sp³-hybridized carbons (Fsp3) is 0.909. The van der Waals surface area contributed by atoms with Crippen LogP contribution in [0.3, 0.4) is 0 Å². The molecule has 3 nitrogen and oxygen atoms in total. The lowest BCUT2D eigenvalue weighted by atomic mass is 10.1. The maximum Gasteiger partial charge on any atom is 0.149 e. The van der Waals surface area contributed by atoms with E-state index in [0.717, 1.165) is 25.8 Å². The molecule has 0 amide bonds. The van der Waals surface area contributed by atoms with Crippen LogP contribution in [0.2, 0.25) is 0 Å². The predicted molar refractivity (Wildman–Crippen MR) is 58.3 cm³/mol. The fourth-order valence-corrected chi connectivity index (χ4v) is 1.38. The maximum absolute atomic E-state index is 11.4. The lowest BCUT2D eigenvalue weighted by Crippen LogP contribution is -2.36. The summed E-state index contributed by atoms with van der Waals surface area (Å²) in [7, 11) is 1.98. The van der Waals surface area contributed by atoms with Gasteiger partial charge in [-0.05, 0) is 39.8 Å². The van der Waals surface area contributed by atoms with Gasteiger partial charge in [0, 0.05) is 13.0 Å². The molecule has 0 heterocycles. The van der Waals surface area contributed by atoms with E-state index in [2.05, 4.69) is 4.90 Å². The third kappa shape index (κ3) is 5.35.